The minimum absolute atomic E-state index is 0.0519. The number of halogens is 6. The van der Waals surface area contributed by atoms with Crippen molar-refractivity contribution in [1.29, 1.82) is 0 Å². The highest BCUT2D eigenvalue weighted by molar-refractivity contribution is 6.36. The lowest BCUT2D eigenvalue weighted by molar-refractivity contribution is -0.137. The van der Waals surface area contributed by atoms with E-state index in [9.17, 15) is 13.2 Å². The maximum absolute atomic E-state index is 12.4. The van der Waals surface area contributed by atoms with E-state index in [1.165, 1.54) is 0 Å². The lowest BCUT2D eigenvalue weighted by Crippen LogP contribution is -2.17. The first-order valence-electron chi connectivity index (χ1n) is 4.65. The fourth-order valence-electron chi connectivity index (χ4n) is 1.27. The summed E-state index contributed by atoms with van der Waals surface area (Å²) in [6, 6.07) is 1.67. The normalized spacial score (nSPS) is 13.8. The number of hydrogen-bond acceptors (Lipinski definition) is 1. The third-order valence-electron chi connectivity index (χ3n) is 2.15. The average Bonchev–Trinajstić information content (AvgIpc) is 2.21. The van der Waals surface area contributed by atoms with E-state index in [0.29, 0.717) is 5.56 Å². The standard InChI is InChI=1S/C10H9Cl3F3N/c11-6(4-17)3-7-8(12)1-5(2-9(7)13)10(14,15)16/h1-2,6H,3-4,17H2. The number of nitrogens with two attached hydrogens (primary N) is 1. The summed E-state index contributed by atoms with van der Waals surface area (Å²) in [7, 11) is 0. The van der Waals surface area contributed by atoms with Gasteiger partial charge in [0, 0.05) is 22.0 Å². The summed E-state index contributed by atoms with van der Waals surface area (Å²) in [6.07, 6.45) is -4.24. The van der Waals surface area contributed by atoms with Crippen LogP contribution in [0.2, 0.25) is 10.0 Å². The van der Waals surface area contributed by atoms with Gasteiger partial charge in [-0.05, 0) is 24.1 Å². The van der Waals surface area contributed by atoms with Gasteiger partial charge in [-0.1, -0.05) is 23.2 Å². The SMILES string of the molecule is NCC(Cl)Cc1c(Cl)cc(C(F)(F)F)cc1Cl. The third-order valence-corrected chi connectivity index (χ3v) is 3.16. The molecule has 1 aromatic carbocycles. The van der Waals surface area contributed by atoms with Crippen molar-refractivity contribution >= 4 is 34.8 Å². The first-order valence-corrected chi connectivity index (χ1v) is 5.84. The Labute approximate surface area is 112 Å². The van der Waals surface area contributed by atoms with Crippen LogP contribution in [-0.4, -0.2) is 11.9 Å². The summed E-state index contributed by atoms with van der Waals surface area (Å²) < 4.78 is 37.3. The Balaban J connectivity index is 3.11. The number of rotatable bonds is 3. The van der Waals surface area contributed by atoms with Crippen LogP contribution in [0.1, 0.15) is 11.1 Å². The molecule has 0 heterocycles. The van der Waals surface area contributed by atoms with Gasteiger partial charge >= 0.3 is 6.18 Å². The predicted molar refractivity (Wildman–Crippen MR) is 63.9 cm³/mol. The van der Waals surface area contributed by atoms with Crippen molar-refractivity contribution in [3.8, 4) is 0 Å². The van der Waals surface area contributed by atoms with Gasteiger partial charge in [-0.15, -0.1) is 11.6 Å². The van der Waals surface area contributed by atoms with Gasteiger partial charge in [0.05, 0.1) is 5.56 Å². The number of benzene rings is 1. The van der Waals surface area contributed by atoms with Crippen LogP contribution in [0, 0.1) is 0 Å². The van der Waals surface area contributed by atoms with Crippen molar-refractivity contribution in [2.45, 2.75) is 18.0 Å². The van der Waals surface area contributed by atoms with Gasteiger partial charge in [0.25, 0.3) is 0 Å². The molecule has 0 aliphatic rings. The lowest BCUT2D eigenvalue weighted by Gasteiger charge is -2.13. The minimum Gasteiger partial charge on any atom is -0.329 e. The smallest absolute Gasteiger partial charge is 0.329 e. The zero-order valence-corrected chi connectivity index (χ0v) is 10.8. The van der Waals surface area contributed by atoms with Gasteiger partial charge in [0.1, 0.15) is 0 Å². The highest BCUT2D eigenvalue weighted by atomic mass is 35.5. The first kappa shape index (κ1) is 14.9. The second-order valence-corrected chi connectivity index (χ2v) is 4.88. The zero-order valence-electron chi connectivity index (χ0n) is 8.49. The van der Waals surface area contributed by atoms with E-state index >= 15 is 0 Å². The minimum atomic E-state index is -4.47. The summed E-state index contributed by atoms with van der Waals surface area (Å²) in [6.45, 7) is 0.190. The first-order chi connectivity index (χ1) is 7.75. The molecule has 1 rings (SSSR count). The molecule has 0 bridgehead atoms. The summed E-state index contributed by atoms with van der Waals surface area (Å²) >= 11 is 17.3. The van der Waals surface area contributed by atoms with Gasteiger partial charge in [-0.25, -0.2) is 0 Å². The fraction of sp³-hybridized carbons (Fsp3) is 0.400. The Morgan fingerprint density at radius 3 is 2.00 bits per heavy atom. The summed E-state index contributed by atoms with van der Waals surface area (Å²) in [5, 5.41) is -0.519. The Morgan fingerprint density at radius 1 is 1.18 bits per heavy atom. The van der Waals surface area contributed by atoms with E-state index in [0.717, 1.165) is 12.1 Å². The molecular weight excluding hydrogens is 297 g/mol. The van der Waals surface area contributed by atoms with Crippen molar-refractivity contribution in [1.82, 2.24) is 0 Å². The molecule has 0 aliphatic heterocycles. The molecule has 0 radical (unpaired) electrons. The molecule has 0 spiro atoms. The van der Waals surface area contributed by atoms with E-state index in [1.807, 2.05) is 0 Å². The molecule has 1 nitrogen and oxygen atoms in total. The quantitative estimate of drug-likeness (QED) is 0.835. The number of hydrogen-bond donors (Lipinski definition) is 1. The van der Waals surface area contributed by atoms with Crippen molar-refractivity contribution in [2.24, 2.45) is 5.73 Å². The molecule has 1 unspecified atom stereocenters. The molecular formula is C10H9Cl3F3N. The number of alkyl halides is 4. The van der Waals surface area contributed by atoms with Crippen molar-refractivity contribution in [2.75, 3.05) is 6.54 Å². The topological polar surface area (TPSA) is 26.0 Å². The van der Waals surface area contributed by atoms with Crippen molar-refractivity contribution in [3.63, 3.8) is 0 Å². The van der Waals surface area contributed by atoms with Crippen LogP contribution >= 0.6 is 34.8 Å². The van der Waals surface area contributed by atoms with Crippen LogP contribution in [0.4, 0.5) is 13.2 Å². The maximum atomic E-state index is 12.4. The van der Waals surface area contributed by atoms with E-state index < -0.39 is 17.1 Å². The van der Waals surface area contributed by atoms with Crippen LogP contribution in [0.3, 0.4) is 0 Å². The van der Waals surface area contributed by atoms with E-state index in [-0.39, 0.29) is 23.0 Å². The summed E-state index contributed by atoms with van der Waals surface area (Å²) in [5.74, 6) is 0. The molecule has 0 aliphatic carbocycles. The van der Waals surface area contributed by atoms with Crippen molar-refractivity contribution < 1.29 is 13.2 Å². The van der Waals surface area contributed by atoms with Gasteiger partial charge < -0.3 is 5.73 Å². The van der Waals surface area contributed by atoms with Crippen LogP contribution in [-0.2, 0) is 12.6 Å². The van der Waals surface area contributed by atoms with Gasteiger partial charge in [-0.3, -0.25) is 0 Å². The molecule has 7 heteroatoms. The highest BCUT2D eigenvalue weighted by Crippen LogP contribution is 2.36. The summed E-state index contributed by atoms with van der Waals surface area (Å²) in [5.41, 5.74) is 4.82. The van der Waals surface area contributed by atoms with Crippen molar-refractivity contribution in [3.05, 3.63) is 33.3 Å². The molecule has 0 saturated heterocycles. The Morgan fingerprint density at radius 2 is 1.65 bits per heavy atom. The van der Waals surface area contributed by atoms with Crippen LogP contribution < -0.4 is 5.73 Å². The lowest BCUT2D eigenvalue weighted by atomic mass is 10.1. The van der Waals surface area contributed by atoms with E-state index in [1.54, 1.807) is 0 Å². The molecule has 1 atom stereocenters. The van der Waals surface area contributed by atoms with Gasteiger partial charge in [0.15, 0.2) is 0 Å². The predicted octanol–water partition coefficient (Wildman–Crippen LogP) is 4.12. The molecule has 1 aromatic rings. The molecule has 0 amide bonds. The Bertz CT molecular complexity index is 383. The zero-order chi connectivity index (χ0) is 13.2. The second kappa shape index (κ2) is 5.65. The van der Waals surface area contributed by atoms with Crippen LogP contribution in [0.15, 0.2) is 12.1 Å². The monoisotopic (exact) mass is 305 g/mol. The van der Waals surface area contributed by atoms with E-state index in [4.69, 9.17) is 40.5 Å². The Kier molecular flexibility index (Phi) is 4.95. The second-order valence-electron chi connectivity index (χ2n) is 3.45. The van der Waals surface area contributed by atoms with E-state index in [2.05, 4.69) is 0 Å². The van der Waals surface area contributed by atoms with Crippen LogP contribution in [0.5, 0.6) is 0 Å². The van der Waals surface area contributed by atoms with Gasteiger partial charge in [0.2, 0.25) is 0 Å². The third kappa shape index (κ3) is 3.91. The summed E-state index contributed by atoms with van der Waals surface area (Å²) in [4.78, 5) is 0. The molecule has 2 N–H and O–H groups in total. The highest BCUT2D eigenvalue weighted by Gasteiger charge is 2.32. The van der Waals surface area contributed by atoms with Gasteiger partial charge in [-0.2, -0.15) is 13.2 Å². The fourth-order valence-corrected chi connectivity index (χ4v) is 2.06. The maximum Gasteiger partial charge on any atom is 0.416 e. The Hall–Kier alpha value is -0.160. The molecule has 17 heavy (non-hydrogen) atoms. The average molecular weight is 307 g/mol. The molecule has 0 fully saturated rings. The molecule has 0 aromatic heterocycles. The molecule has 0 saturated carbocycles. The molecule has 96 valence electrons. The van der Waals surface area contributed by atoms with Crippen LogP contribution in [0.25, 0.3) is 0 Å². The largest absolute Gasteiger partial charge is 0.416 e.